The monoisotopic (exact) mass is 267 g/mol. The van der Waals surface area contributed by atoms with E-state index in [0.29, 0.717) is 5.75 Å². The SMILES string of the molecule is COc1ccc(S(=O)(=O)[O-])c(NC(C)=O)c1.[Na+]. The second-order valence-electron chi connectivity index (χ2n) is 3.00. The minimum absolute atomic E-state index is 0. The molecule has 6 nitrogen and oxygen atoms in total. The van der Waals surface area contributed by atoms with Crippen LogP contribution in [0.1, 0.15) is 6.92 Å². The molecule has 17 heavy (non-hydrogen) atoms. The van der Waals surface area contributed by atoms with Crippen molar-refractivity contribution < 1.29 is 52.1 Å². The van der Waals surface area contributed by atoms with E-state index in [4.69, 9.17) is 4.74 Å². The molecule has 0 bridgehead atoms. The first kappa shape index (κ1) is 16.4. The van der Waals surface area contributed by atoms with Gasteiger partial charge in [0.2, 0.25) is 5.91 Å². The molecule has 0 spiro atoms. The van der Waals surface area contributed by atoms with Crippen LogP contribution in [0.3, 0.4) is 0 Å². The molecule has 0 aromatic heterocycles. The molecule has 1 amide bonds. The number of anilines is 1. The van der Waals surface area contributed by atoms with Gasteiger partial charge in [0.1, 0.15) is 15.9 Å². The quantitative estimate of drug-likeness (QED) is 0.485. The first-order chi connectivity index (χ1) is 7.34. The smallest absolute Gasteiger partial charge is 0.744 e. The Hall–Kier alpha value is -0.600. The van der Waals surface area contributed by atoms with E-state index in [9.17, 15) is 17.8 Å². The van der Waals surface area contributed by atoms with E-state index in [-0.39, 0.29) is 35.2 Å². The van der Waals surface area contributed by atoms with Crippen LogP contribution in [0.25, 0.3) is 0 Å². The molecule has 88 valence electrons. The van der Waals surface area contributed by atoms with Crippen LogP contribution in [0.2, 0.25) is 0 Å². The molecule has 0 heterocycles. The molecule has 0 aliphatic heterocycles. The molecule has 8 heteroatoms. The largest absolute Gasteiger partial charge is 1.00 e. The van der Waals surface area contributed by atoms with Gasteiger partial charge >= 0.3 is 29.6 Å². The summed E-state index contributed by atoms with van der Waals surface area (Å²) in [4.78, 5) is 10.4. The van der Waals surface area contributed by atoms with Gasteiger partial charge < -0.3 is 14.6 Å². The fourth-order valence-corrected chi connectivity index (χ4v) is 1.76. The van der Waals surface area contributed by atoms with E-state index in [1.165, 1.54) is 26.2 Å². The van der Waals surface area contributed by atoms with E-state index < -0.39 is 20.9 Å². The van der Waals surface area contributed by atoms with Gasteiger partial charge in [-0.25, -0.2) is 8.42 Å². The molecule has 0 aliphatic rings. The predicted octanol–water partition coefficient (Wildman–Crippen LogP) is -2.44. The maximum Gasteiger partial charge on any atom is 1.00 e. The van der Waals surface area contributed by atoms with Crippen molar-refractivity contribution in [3.05, 3.63) is 18.2 Å². The first-order valence-corrected chi connectivity index (χ1v) is 5.67. The van der Waals surface area contributed by atoms with Gasteiger partial charge in [0.25, 0.3) is 0 Å². The number of methoxy groups -OCH3 is 1. The number of hydrogen-bond donors (Lipinski definition) is 1. The van der Waals surface area contributed by atoms with Crippen LogP contribution in [0.15, 0.2) is 23.1 Å². The van der Waals surface area contributed by atoms with E-state index in [2.05, 4.69) is 5.32 Å². The summed E-state index contributed by atoms with van der Waals surface area (Å²) in [6.07, 6.45) is 0. The third-order valence-corrected chi connectivity index (χ3v) is 2.66. The summed E-state index contributed by atoms with van der Waals surface area (Å²) >= 11 is 0. The first-order valence-electron chi connectivity index (χ1n) is 4.26. The van der Waals surface area contributed by atoms with Crippen molar-refractivity contribution in [2.75, 3.05) is 12.4 Å². The molecule has 0 radical (unpaired) electrons. The van der Waals surface area contributed by atoms with Crippen molar-refractivity contribution in [3.8, 4) is 5.75 Å². The van der Waals surface area contributed by atoms with Gasteiger partial charge in [-0.1, -0.05) is 0 Å². The normalized spacial score (nSPS) is 10.3. The van der Waals surface area contributed by atoms with Crippen molar-refractivity contribution >= 4 is 21.7 Å². The molecule has 1 aromatic rings. The molecule has 0 saturated carbocycles. The fourth-order valence-electron chi connectivity index (χ4n) is 1.14. The summed E-state index contributed by atoms with van der Waals surface area (Å²) < 4.78 is 37.5. The summed E-state index contributed by atoms with van der Waals surface area (Å²) in [5.41, 5.74) is -0.0816. The van der Waals surface area contributed by atoms with Gasteiger partial charge in [-0.15, -0.1) is 0 Å². The fraction of sp³-hybridized carbons (Fsp3) is 0.222. The molecule has 0 fully saturated rings. The maximum absolute atomic E-state index is 10.9. The third-order valence-electron chi connectivity index (χ3n) is 1.77. The molecule has 1 rings (SSSR count). The molecule has 0 atom stereocenters. The number of amides is 1. The number of carbonyl (C=O) groups is 1. The Morgan fingerprint density at radius 1 is 1.41 bits per heavy atom. The Bertz CT molecular complexity index is 514. The van der Waals surface area contributed by atoms with Crippen molar-refractivity contribution in [2.45, 2.75) is 11.8 Å². The number of rotatable bonds is 3. The molecule has 0 saturated heterocycles. The summed E-state index contributed by atoms with van der Waals surface area (Å²) in [6, 6.07) is 3.69. The minimum atomic E-state index is -4.62. The Kier molecular flexibility index (Phi) is 6.14. The van der Waals surface area contributed by atoms with Crippen LogP contribution >= 0.6 is 0 Å². The standard InChI is InChI=1S/C9H11NO5S.Na/c1-6(11)10-8-5-7(15-2)3-4-9(8)16(12,13)14;/h3-5H,1-2H3,(H,10,11)(H,12,13,14);/q;+1/p-1. The zero-order valence-corrected chi connectivity index (χ0v) is 12.5. The molecule has 0 unspecified atom stereocenters. The van der Waals surface area contributed by atoms with Crippen molar-refractivity contribution in [1.29, 1.82) is 0 Å². The predicted molar refractivity (Wildman–Crippen MR) is 55.3 cm³/mol. The second-order valence-corrected chi connectivity index (χ2v) is 4.35. The molecule has 0 aliphatic carbocycles. The van der Waals surface area contributed by atoms with Crippen molar-refractivity contribution in [3.63, 3.8) is 0 Å². The van der Waals surface area contributed by atoms with E-state index in [1.54, 1.807) is 0 Å². The number of hydrogen-bond acceptors (Lipinski definition) is 5. The van der Waals surface area contributed by atoms with Gasteiger partial charge in [-0.3, -0.25) is 4.79 Å². The second kappa shape index (κ2) is 6.36. The molecule has 1 N–H and O–H groups in total. The topological polar surface area (TPSA) is 95.5 Å². The number of carbonyl (C=O) groups excluding carboxylic acids is 1. The number of nitrogens with one attached hydrogen (secondary N) is 1. The molecular formula is C9H10NNaO5S. The number of benzene rings is 1. The van der Waals surface area contributed by atoms with Gasteiger partial charge in [-0.2, -0.15) is 0 Å². The molecular weight excluding hydrogens is 257 g/mol. The van der Waals surface area contributed by atoms with E-state index in [1.807, 2.05) is 0 Å². The Morgan fingerprint density at radius 2 is 2.00 bits per heavy atom. The summed E-state index contributed by atoms with van der Waals surface area (Å²) in [7, 11) is -3.24. The minimum Gasteiger partial charge on any atom is -0.744 e. The van der Waals surface area contributed by atoms with Crippen LogP contribution in [0, 0.1) is 0 Å². The Morgan fingerprint density at radius 3 is 2.41 bits per heavy atom. The zero-order valence-electron chi connectivity index (χ0n) is 9.68. The average molecular weight is 267 g/mol. The van der Waals surface area contributed by atoms with Crippen LogP contribution in [0.5, 0.6) is 5.75 Å². The van der Waals surface area contributed by atoms with Gasteiger partial charge in [-0.05, 0) is 12.1 Å². The van der Waals surface area contributed by atoms with Crippen LogP contribution in [0.4, 0.5) is 5.69 Å². The number of ether oxygens (including phenoxy) is 1. The van der Waals surface area contributed by atoms with Crippen LogP contribution in [-0.2, 0) is 14.9 Å². The van der Waals surface area contributed by atoms with Gasteiger partial charge in [0, 0.05) is 13.0 Å². The van der Waals surface area contributed by atoms with Crippen LogP contribution < -0.4 is 39.6 Å². The maximum atomic E-state index is 10.9. The summed E-state index contributed by atoms with van der Waals surface area (Å²) in [5.74, 6) is -0.130. The zero-order chi connectivity index (χ0) is 12.3. The summed E-state index contributed by atoms with van der Waals surface area (Å²) in [6.45, 7) is 1.21. The van der Waals surface area contributed by atoms with Gasteiger partial charge in [0.15, 0.2) is 0 Å². The van der Waals surface area contributed by atoms with Crippen molar-refractivity contribution in [2.24, 2.45) is 0 Å². The Labute approximate surface area is 121 Å². The molecule has 1 aromatic carbocycles. The summed E-state index contributed by atoms with van der Waals surface area (Å²) in [5, 5.41) is 2.26. The Balaban J connectivity index is 0.00000256. The average Bonchev–Trinajstić information content (AvgIpc) is 2.14. The van der Waals surface area contributed by atoms with E-state index >= 15 is 0 Å². The third kappa shape index (κ3) is 4.64. The van der Waals surface area contributed by atoms with E-state index in [0.717, 1.165) is 6.07 Å². The van der Waals surface area contributed by atoms with Gasteiger partial charge in [0.05, 0.1) is 17.7 Å². The van der Waals surface area contributed by atoms with Crippen LogP contribution in [-0.4, -0.2) is 26.0 Å². The van der Waals surface area contributed by atoms with Crippen molar-refractivity contribution in [1.82, 2.24) is 0 Å².